The Bertz CT molecular complexity index is 303. The molecule has 0 atom stereocenters. The van der Waals surface area contributed by atoms with Gasteiger partial charge in [-0.1, -0.05) is 0 Å². The standard InChI is InChI=1S/C4H13N3.5C2H4O2.5Na/c5-1-3-7-4-2-6;5*1-2(3)4;;;;;/h7H,1-6H2;5*1H3,(H,3,4);;;;;. The Kier molecular flexibility index (Phi) is 153. The number of carbonyl (C=O) groups is 5. The average molecular weight is 518 g/mol. The van der Waals surface area contributed by atoms with Gasteiger partial charge in [-0.3, -0.25) is 24.0 Å². The van der Waals surface area contributed by atoms with E-state index < -0.39 is 29.8 Å². The molecular weight excluding hydrogens is 485 g/mol. The Morgan fingerprint density at radius 1 is 0.500 bits per heavy atom. The van der Waals surface area contributed by atoms with Gasteiger partial charge >= 0.3 is 0 Å². The molecule has 0 aromatic carbocycles. The Balaban J connectivity index is -0.0000000181. The molecule has 169 valence electrons. The fraction of sp³-hybridized carbons (Fsp3) is 0.643. The Morgan fingerprint density at radius 2 is 0.594 bits per heavy atom. The molecule has 0 amide bonds. The minimum absolute atomic E-state index is 0. The van der Waals surface area contributed by atoms with Crippen molar-refractivity contribution in [3.8, 4) is 0 Å². The maximum atomic E-state index is 9.00. The maximum Gasteiger partial charge on any atom is 0.300 e. The van der Waals surface area contributed by atoms with E-state index in [4.69, 9.17) is 61.0 Å². The molecular formula is C14H33N3Na5O10. The average Bonchev–Trinajstić information content (AvgIpc) is 2.35. The molecule has 0 fully saturated rings. The predicted molar refractivity (Wildman–Crippen MR) is 126 cm³/mol. The van der Waals surface area contributed by atoms with Crippen molar-refractivity contribution in [3.05, 3.63) is 0 Å². The first-order chi connectivity index (χ1) is 12.1. The van der Waals surface area contributed by atoms with E-state index in [2.05, 4.69) is 5.32 Å². The van der Waals surface area contributed by atoms with Crippen molar-refractivity contribution in [2.75, 3.05) is 26.2 Å². The zero-order valence-electron chi connectivity index (χ0n) is 21.3. The van der Waals surface area contributed by atoms with Gasteiger partial charge in [0.05, 0.1) is 0 Å². The molecule has 0 bridgehead atoms. The second kappa shape index (κ2) is 69.9. The zero-order chi connectivity index (χ0) is 23.4. The summed E-state index contributed by atoms with van der Waals surface area (Å²) < 4.78 is 0. The molecule has 0 aliphatic heterocycles. The minimum Gasteiger partial charge on any atom is -0.481 e. The van der Waals surface area contributed by atoms with Crippen LogP contribution >= 0.6 is 0 Å². The number of carboxylic acids is 5. The maximum absolute atomic E-state index is 9.00. The van der Waals surface area contributed by atoms with Crippen LogP contribution in [-0.4, -0.2) is 229 Å². The monoisotopic (exact) mass is 518 g/mol. The molecule has 0 rings (SSSR count). The minimum atomic E-state index is -0.833. The molecule has 13 nitrogen and oxygen atoms in total. The van der Waals surface area contributed by atoms with Gasteiger partial charge in [-0.2, -0.15) is 0 Å². The Morgan fingerprint density at radius 3 is 0.656 bits per heavy atom. The van der Waals surface area contributed by atoms with Crippen molar-refractivity contribution < 1.29 is 49.5 Å². The molecule has 5 radical (unpaired) electrons. The second-order valence-electron chi connectivity index (χ2n) is 3.92. The van der Waals surface area contributed by atoms with Gasteiger partial charge in [-0.05, 0) is 0 Å². The van der Waals surface area contributed by atoms with Gasteiger partial charge in [0.1, 0.15) is 0 Å². The van der Waals surface area contributed by atoms with Crippen LogP contribution in [0.3, 0.4) is 0 Å². The van der Waals surface area contributed by atoms with Crippen LogP contribution in [0.5, 0.6) is 0 Å². The third-order valence-corrected chi connectivity index (χ3v) is 0.642. The summed E-state index contributed by atoms with van der Waals surface area (Å²) in [5, 5.41) is 40.1. The molecule has 0 spiro atoms. The Labute approximate surface area is 300 Å². The van der Waals surface area contributed by atoms with Gasteiger partial charge in [-0.25, -0.2) is 0 Å². The molecule has 10 N–H and O–H groups in total. The third-order valence-electron chi connectivity index (χ3n) is 0.642. The number of carboxylic acid groups (broad SMARTS) is 5. The summed E-state index contributed by atoms with van der Waals surface area (Å²) in [7, 11) is 0. The summed E-state index contributed by atoms with van der Waals surface area (Å²) in [6, 6.07) is 0. The van der Waals surface area contributed by atoms with Crippen LogP contribution < -0.4 is 16.8 Å². The van der Waals surface area contributed by atoms with E-state index in [9.17, 15) is 0 Å². The number of rotatable bonds is 4. The predicted octanol–water partition coefficient (Wildman–Crippen LogP) is -2.96. The van der Waals surface area contributed by atoms with Gasteiger partial charge in [0.15, 0.2) is 0 Å². The number of hydrogen-bond acceptors (Lipinski definition) is 8. The summed E-state index contributed by atoms with van der Waals surface area (Å²) >= 11 is 0. The molecule has 0 heterocycles. The van der Waals surface area contributed by atoms with Crippen LogP contribution in [0.1, 0.15) is 34.6 Å². The summed E-state index contributed by atoms with van der Waals surface area (Å²) in [5.74, 6) is -4.17. The summed E-state index contributed by atoms with van der Waals surface area (Å²) in [6.07, 6.45) is 0. The first kappa shape index (κ1) is 70.0. The van der Waals surface area contributed by atoms with Gasteiger partial charge < -0.3 is 42.3 Å². The van der Waals surface area contributed by atoms with Crippen LogP contribution in [0.25, 0.3) is 0 Å². The van der Waals surface area contributed by atoms with Gasteiger partial charge in [0.2, 0.25) is 0 Å². The molecule has 0 aliphatic carbocycles. The van der Waals surface area contributed by atoms with Gasteiger partial charge in [0, 0.05) is 209 Å². The molecule has 0 aromatic rings. The molecule has 0 saturated carbocycles. The van der Waals surface area contributed by atoms with Crippen LogP contribution in [-0.2, 0) is 24.0 Å². The van der Waals surface area contributed by atoms with E-state index in [1.54, 1.807) is 0 Å². The fourth-order valence-electron chi connectivity index (χ4n) is 0.329. The van der Waals surface area contributed by atoms with Crippen LogP contribution in [0.15, 0.2) is 0 Å². The van der Waals surface area contributed by atoms with Gasteiger partial charge in [-0.15, -0.1) is 0 Å². The van der Waals surface area contributed by atoms with Crippen molar-refractivity contribution in [1.29, 1.82) is 0 Å². The van der Waals surface area contributed by atoms with Crippen molar-refractivity contribution in [2.24, 2.45) is 11.5 Å². The van der Waals surface area contributed by atoms with Crippen LogP contribution in [0, 0.1) is 0 Å². The Hall–Kier alpha value is 2.23. The molecule has 0 aliphatic rings. The molecule has 32 heavy (non-hydrogen) atoms. The van der Waals surface area contributed by atoms with E-state index in [1.165, 1.54) is 0 Å². The largest absolute Gasteiger partial charge is 0.481 e. The summed E-state index contributed by atoms with van der Waals surface area (Å²) in [6.45, 7) is 8.55. The molecule has 18 heteroatoms. The summed E-state index contributed by atoms with van der Waals surface area (Å²) in [5.41, 5.74) is 10.3. The SMILES string of the molecule is CC(=O)O.CC(=O)O.CC(=O)O.CC(=O)O.CC(=O)O.NCCNCCN.[Na].[Na].[Na].[Na].[Na]. The topological polar surface area (TPSA) is 251 Å². The normalized spacial score (nSPS) is 5.97. The van der Waals surface area contributed by atoms with E-state index >= 15 is 0 Å². The quantitative estimate of drug-likeness (QED) is 0.137. The van der Waals surface area contributed by atoms with Crippen molar-refractivity contribution in [3.63, 3.8) is 0 Å². The number of aliphatic carboxylic acids is 5. The number of nitrogens with two attached hydrogens (primary N) is 2. The molecule has 0 unspecified atom stereocenters. The number of hydrogen-bond donors (Lipinski definition) is 8. The van der Waals surface area contributed by atoms with Crippen molar-refractivity contribution >= 4 is 178 Å². The number of nitrogens with one attached hydrogen (secondary N) is 1. The fourth-order valence-corrected chi connectivity index (χ4v) is 0.329. The summed E-state index contributed by atoms with van der Waals surface area (Å²) in [4.78, 5) is 45.0. The van der Waals surface area contributed by atoms with E-state index in [1.807, 2.05) is 0 Å². The van der Waals surface area contributed by atoms with Crippen LogP contribution in [0.2, 0.25) is 0 Å². The first-order valence-electron chi connectivity index (χ1n) is 7.16. The first-order valence-corrected chi connectivity index (χ1v) is 7.16. The second-order valence-corrected chi connectivity index (χ2v) is 3.92. The van der Waals surface area contributed by atoms with Crippen molar-refractivity contribution in [1.82, 2.24) is 5.32 Å². The zero-order valence-corrected chi connectivity index (χ0v) is 31.3. The van der Waals surface area contributed by atoms with E-state index in [0.717, 1.165) is 47.7 Å². The molecule has 0 aromatic heterocycles. The van der Waals surface area contributed by atoms with Gasteiger partial charge in [0.25, 0.3) is 29.8 Å². The molecule has 0 saturated heterocycles. The third kappa shape index (κ3) is 810. The van der Waals surface area contributed by atoms with E-state index in [0.29, 0.717) is 13.1 Å². The smallest absolute Gasteiger partial charge is 0.300 e. The van der Waals surface area contributed by atoms with Crippen molar-refractivity contribution in [2.45, 2.75) is 34.6 Å². The van der Waals surface area contributed by atoms with Crippen LogP contribution in [0.4, 0.5) is 0 Å². The van der Waals surface area contributed by atoms with E-state index in [-0.39, 0.29) is 148 Å².